The Bertz CT molecular complexity index is 613. The molecule has 4 N–H and O–H groups in total. The Morgan fingerprint density at radius 1 is 1.29 bits per heavy atom. The van der Waals surface area contributed by atoms with Gasteiger partial charge in [0.25, 0.3) is 0 Å². The number of nitrogens with one attached hydrogen (secondary N) is 3. The topological polar surface area (TPSA) is 133 Å². The lowest BCUT2D eigenvalue weighted by Gasteiger charge is -2.07. The zero-order chi connectivity index (χ0) is 15.1. The number of rotatable bonds is 6. The summed E-state index contributed by atoms with van der Waals surface area (Å²) < 4.78 is 0. The Labute approximate surface area is 119 Å². The van der Waals surface area contributed by atoms with E-state index < -0.39 is 5.97 Å². The minimum atomic E-state index is -1.03. The Morgan fingerprint density at radius 2 is 2.14 bits per heavy atom. The molecule has 0 atom stereocenters. The number of carboxylic acid groups (broad SMARTS) is 1. The van der Waals surface area contributed by atoms with Crippen LogP contribution < -0.4 is 10.6 Å². The molecule has 2 aromatic heterocycles. The maximum atomic E-state index is 11.6. The first-order chi connectivity index (χ1) is 10.1. The number of carboxylic acids is 1. The lowest BCUT2D eigenvalue weighted by molar-refractivity contribution is 0.0696. The minimum absolute atomic E-state index is 0.132. The van der Waals surface area contributed by atoms with Crippen LogP contribution in [-0.4, -0.2) is 43.8 Å². The fourth-order valence-corrected chi connectivity index (χ4v) is 1.59. The molecule has 0 radical (unpaired) electrons. The molecule has 110 valence electrons. The lowest BCUT2D eigenvalue weighted by Crippen LogP contribution is -2.36. The first-order valence-electron chi connectivity index (χ1n) is 6.19. The average molecular weight is 290 g/mol. The number of hydrogen-bond acceptors (Lipinski definition) is 5. The summed E-state index contributed by atoms with van der Waals surface area (Å²) in [6.07, 6.45) is 3.33. The van der Waals surface area contributed by atoms with Crippen molar-refractivity contribution in [1.82, 2.24) is 30.8 Å². The van der Waals surface area contributed by atoms with Gasteiger partial charge < -0.3 is 15.7 Å². The van der Waals surface area contributed by atoms with Gasteiger partial charge in [-0.2, -0.15) is 5.10 Å². The van der Waals surface area contributed by atoms with Crippen molar-refractivity contribution in [2.75, 3.05) is 6.54 Å². The molecular formula is C12H14N6O3. The van der Waals surface area contributed by atoms with E-state index in [2.05, 4.69) is 30.8 Å². The van der Waals surface area contributed by atoms with Crippen LogP contribution in [0.25, 0.3) is 0 Å². The monoisotopic (exact) mass is 290 g/mol. The molecule has 0 fully saturated rings. The number of H-pyrrole nitrogens is 1. The summed E-state index contributed by atoms with van der Waals surface area (Å²) in [5.74, 6) is -0.346. The van der Waals surface area contributed by atoms with Gasteiger partial charge in [-0.3, -0.25) is 10.1 Å². The third-order valence-electron chi connectivity index (χ3n) is 2.61. The van der Waals surface area contributed by atoms with E-state index in [-0.39, 0.29) is 18.1 Å². The zero-order valence-electron chi connectivity index (χ0n) is 11.0. The Balaban J connectivity index is 1.73. The van der Waals surface area contributed by atoms with Crippen LogP contribution in [0, 0.1) is 0 Å². The van der Waals surface area contributed by atoms with Crippen molar-refractivity contribution in [1.29, 1.82) is 0 Å². The molecule has 9 nitrogen and oxygen atoms in total. The van der Waals surface area contributed by atoms with Gasteiger partial charge in [0.2, 0.25) is 0 Å². The molecule has 9 heteroatoms. The van der Waals surface area contributed by atoms with Gasteiger partial charge in [0.05, 0.1) is 17.8 Å². The second kappa shape index (κ2) is 6.98. The maximum Gasteiger partial charge on any atom is 0.335 e. The Morgan fingerprint density at radius 3 is 2.86 bits per heavy atom. The van der Waals surface area contributed by atoms with Crippen molar-refractivity contribution in [2.45, 2.75) is 13.0 Å². The zero-order valence-corrected chi connectivity index (χ0v) is 11.0. The Hall–Kier alpha value is -2.97. The molecule has 21 heavy (non-hydrogen) atoms. The van der Waals surface area contributed by atoms with Crippen molar-refractivity contribution < 1.29 is 14.7 Å². The first-order valence-corrected chi connectivity index (χ1v) is 6.19. The van der Waals surface area contributed by atoms with Crippen molar-refractivity contribution in [3.8, 4) is 0 Å². The summed E-state index contributed by atoms with van der Waals surface area (Å²) in [6, 6.07) is 2.44. The van der Waals surface area contributed by atoms with E-state index in [1.165, 1.54) is 24.7 Å². The van der Waals surface area contributed by atoms with Crippen molar-refractivity contribution in [3.63, 3.8) is 0 Å². The van der Waals surface area contributed by atoms with Gasteiger partial charge in [0.1, 0.15) is 12.2 Å². The highest BCUT2D eigenvalue weighted by Crippen LogP contribution is 2.01. The third-order valence-corrected chi connectivity index (χ3v) is 2.61. The number of aromatic amines is 1. The SMILES string of the molecule is O=C(NCCc1ncn[nH]1)NCc1cc(C(=O)O)ccn1. The van der Waals surface area contributed by atoms with E-state index in [1.807, 2.05) is 0 Å². The van der Waals surface area contributed by atoms with Gasteiger partial charge in [-0.25, -0.2) is 14.6 Å². The van der Waals surface area contributed by atoms with Crippen molar-refractivity contribution >= 4 is 12.0 Å². The van der Waals surface area contributed by atoms with Crippen LogP contribution in [0.4, 0.5) is 4.79 Å². The van der Waals surface area contributed by atoms with Gasteiger partial charge >= 0.3 is 12.0 Å². The minimum Gasteiger partial charge on any atom is -0.478 e. The number of aromatic carboxylic acids is 1. The number of nitrogens with zero attached hydrogens (tertiary/aromatic N) is 3. The molecule has 0 unspecified atom stereocenters. The van der Waals surface area contributed by atoms with Crippen LogP contribution in [0.1, 0.15) is 21.9 Å². The number of urea groups is 1. The number of carbonyl (C=O) groups excluding carboxylic acids is 1. The molecule has 0 spiro atoms. The van der Waals surface area contributed by atoms with E-state index >= 15 is 0 Å². The standard InChI is InChI=1S/C12H14N6O3/c19-11(20)8-1-3-13-9(5-8)6-15-12(21)14-4-2-10-16-7-17-18-10/h1,3,5,7H,2,4,6H2,(H,19,20)(H2,14,15,21)(H,16,17,18). The summed E-state index contributed by atoms with van der Waals surface area (Å²) >= 11 is 0. The number of carbonyl (C=O) groups is 2. The van der Waals surface area contributed by atoms with E-state index in [4.69, 9.17) is 5.11 Å². The van der Waals surface area contributed by atoms with E-state index in [0.717, 1.165) is 0 Å². The fourth-order valence-electron chi connectivity index (χ4n) is 1.59. The second-order valence-corrected chi connectivity index (χ2v) is 4.13. The average Bonchev–Trinajstić information content (AvgIpc) is 2.99. The van der Waals surface area contributed by atoms with Gasteiger partial charge in [-0.15, -0.1) is 0 Å². The summed E-state index contributed by atoms with van der Waals surface area (Å²) in [5, 5.41) is 20.5. The molecule has 2 aromatic rings. The fraction of sp³-hybridized carbons (Fsp3) is 0.250. The van der Waals surface area contributed by atoms with Crippen LogP contribution in [0.2, 0.25) is 0 Å². The molecule has 0 aliphatic heterocycles. The number of hydrogen-bond donors (Lipinski definition) is 4. The van der Waals surface area contributed by atoms with E-state index in [9.17, 15) is 9.59 Å². The lowest BCUT2D eigenvalue weighted by atomic mass is 10.2. The van der Waals surface area contributed by atoms with Gasteiger partial charge in [-0.1, -0.05) is 0 Å². The van der Waals surface area contributed by atoms with Crippen LogP contribution >= 0.6 is 0 Å². The quantitative estimate of drug-likeness (QED) is 0.589. The van der Waals surface area contributed by atoms with Crippen molar-refractivity contribution in [2.24, 2.45) is 0 Å². The number of pyridine rings is 1. The molecule has 0 bridgehead atoms. The van der Waals surface area contributed by atoms with Crippen molar-refractivity contribution in [3.05, 3.63) is 41.7 Å². The van der Waals surface area contributed by atoms with Gasteiger partial charge in [-0.05, 0) is 12.1 Å². The summed E-state index contributed by atoms with van der Waals surface area (Å²) in [6.45, 7) is 0.554. The molecule has 2 amide bonds. The third kappa shape index (κ3) is 4.56. The Kier molecular flexibility index (Phi) is 4.80. The molecule has 0 saturated carbocycles. The highest BCUT2D eigenvalue weighted by Gasteiger charge is 2.06. The molecule has 0 aliphatic carbocycles. The first kappa shape index (κ1) is 14.4. The highest BCUT2D eigenvalue weighted by atomic mass is 16.4. The van der Waals surface area contributed by atoms with Crippen LogP contribution in [0.3, 0.4) is 0 Å². The predicted molar refractivity (Wildman–Crippen MR) is 71.5 cm³/mol. The molecule has 0 saturated heterocycles. The smallest absolute Gasteiger partial charge is 0.335 e. The van der Waals surface area contributed by atoms with Crippen LogP contribution in [0.15, 0.2) is 24.7 Å². The van der Waals surface area contributed by atoms with Gasteiger partial charge in [0, 0.05) is 19.2 Å². The van der Waals surface area contributed by atoms with E-state index in [1.54, 1.807) is 0 Å². The summed E-state index contributed by atoms with van der Waals surface area (Å²) in [7, 11) is 0. The molecule has 2 heterocycles. The largest absolute Gasteiger partial charge is 0.478 e. The normalized spacial score (nSPS) is 10.1. The summed E-state index contributed by atoms with van der Waals surface area (Å²) in [5.41, 5.74) is 0.604. The van der Waals surface area contributed by atoms with Gasteiger partial charge in [0.15, 0.2) is 0 Å². The van der Waals surface area contributed by atoms with E-state index in [0.29, 0.717) is 24.5 Å². The highest BCUT2D eigenvalue weighted by molar-refractivity contribution is 5.87. The molecule has 2 rings (SSSR count). The molecule has 0 aliphatic rings. The number of aromatic nitrogens is 4. The molecule has 0 aromatic carbocycles. The predicted octanol–water partition coefficient (Wildman–Crippen LogP) is -0.0602. The maximum absolute atomic E-state index is 11.6. The summed E-state index contributed by atoms with van der Waals surface area (Å²) in [4.78, 5) is 30.3. The van der Waals surface area contributed by atoms with Crippen LogP contribution in [-0.2, 0) is 13.0 Å². The van der Waals surface area contributed by atoms with Crippen LogP contribution in [0.5, 0.6) is 0 Å². The number of amides is 2. The molecular weight excluding hydrogens is 276 g/mol. The second-order valence-electron chi connectivity index (χ2n) is 4.13.